The van der Waals surface area contributed by atoms with Crippen LogP contribution in [0.15, 0.2) is 53.7 Å². The Hall–Kier alpha value is -2.93. The second-order valence-electron chi connectivity index (χ2n) is 8.11. The van der Waals surface area contributed by atoms with Gasteiger partial charge in [-0.2, -0.15) is 0 Å². The van der Waals surface area contributed by atoms with Crippen molar-refractivity contribution in [3.05, 3.63) is 48.5 Å². The molecule has 6 nitrogen and oxygen atoms in total. The zero-order valence-corrected chi connectivity index (χ0v) is 20.3. The van der Waals surface area contributed by atoms with Gasteiger partial charge in [0.05, 0.1) is 25.6 Å². The van der Waals surface area contributed by atoms with Gasteiger partial charge in [0.2, 0.25) is 5.91 Å². The molecule has 0 aliphatic heterocycles. The molecule has 0 radical (unpaired) electrons. The second kappa shape index (κ2) is 10.8. The van der Waals surface area contributed by atoms with Crippen molar-refractivity contribution in [1.29, 1.82) is 0 Å². The second-order valence-corrected chi connectivity index (χ2v) is 9.18. The van der Waals surface area contributed by atoms with Crippen molar-refractivity contribution in [3.8, 4) is 34.0 Å². The van der Waals surface area contributed by atoms with Crippen LogP contribution < -0.4 is 14.8 Å². The topological polar surface area (TPSA) is 65.4 Å². The number of imidazole rings is 1. The molecule has 174 valence electrons. The molecule has 1 saturated carbocycles. The third kappa shape index (κ3) is 5.53. The zero-order chi connectivity index (χ0) is 23.2. The summed E-state index contributed by atoms with van der Waals surface area (Å²) in [5.74, 6) is 2.85. The van der Waals surface area contributed by atoms with Crippen LogP contribution in [0, 0.1) is 5.92 Å². The van der Waals surface area contributed by atoms with Crippen LogP contribution in [0.1, 0.15) is 26.2 Å². The number of aromatic nitrogens is 2. The van der Waals surface area contributed by atoms with Crippen LogP contribution in [0.4, 0.5) is 0 Å². The van der Waals surface area contributed by atoms with Crippen LogP contribution >= 0.6 is 11.8 Å². The maximum absolute atomic E-state index is 12.0. The van der Waals surface area contributed by atoms with Gasteiger partial charge in [0.25, 0.3) is 0 Å². The molecule has 4 rings (SSSR count). The van der Waals surface area contributed by atoms with E-state index in [0.29, 0.717) is 6.54 Å². The summed E-state index contributed by atoms with van der Waals surface area (Å²) in [6, 6.07) is 16.2. The van der Waals surface area contributed by atoms with Crippen LogP contribution in [0.5, 0.6) is 11.5 Å². The van der Waals surface area contributed by atoms with Gasteiger partial charge in [0.1, 0.15) is 11.5 Å². The first-order chi connectivity index (χ1) is 16.1. The predicted octanol–water partition coefficient (Wildman–Crippen LogP) is 5.26. The highest BCUT2D eigenvalue weighted by Crippen LogP contribution is 2.37. The van der Waals surface area contributed by atoms with Crippen molar-refractivity contribution in [2.24, 2.45) is 5.92 Å². The molecule has 1 N–H and O–H groups in total. The summed E-state index contributed by atoms with van der Waals surface area (Å²) in [4.78, 5) is 17.0. The number of nitrogens with zero attached hydrogens (tertiary/aromatic N) is 2. The molecule has 0 bridgehead atoms. The number of rotatable bonds is 11. The third-order valence-electron chi connectivity index (χ3n) is 5.69. The van der Waals surface area contributed by atoms with Gasteiger partial charge in [-0.3, -0.25) is 4.79 Å². The molecule has 0 saturated heterocycles. The molecule has 3 aromatic rings. The summed E-state index contributed by atoms with van der Waals surface area (Å²) in [6.07, 6.45) is 3.04. The van der Waals surface area contributed by atoms with Crippen LogP contribution in [0.3, 0.4) is 0 Å². The highest BCUT2D eigenvalue weighted by molar-refractivity contribution is 7.99. The molecule has 2 aromatic carbocycles. The summed E-state index contributed by atoms with van der Waals surface area (Å²) < 4.78 is 13.0. The van der Waals surface area contributed by atoms with E-state index < -0.39 is 0 Å². The summed E-state index contributed by atoms with van der Waals surface area (Å²) in [5.41, 5.74) is 4.17. The normalized spacial score (nSPS) is 13.1. The predicted molar refractivity (Wildman–Crippen MR) is 133 cm³/mol. The molecular formula is C26H31N3O3S. The lowest BCUT2D eigenvalue weighted by Gasteiger charge is -2.13. The van der Waals surface area contributed by atoms with Crippen LogP contribution in [-0.2, 0) is 11.3 Å². The van der Waals surface area contributed by atoms with Crippen molar-refractivity contribution in [2.75, 3.05) is 26.5 Å². The molecule has 7 heteroatoms. The lowest BCUT2D eigenvalue weighted by atomic mass is 10.0. The first kappa shape index (κ1) is 23.2. The molecule has 0 atom stereocenters. The minimum Gasteiger partial charge on any atom is -0.497 e. The maximum atomic E-state index is 12.0. The van der Waals surface area contributed by atoms with Crippen LogP contribution in [-0.4, -0.2) is 42.0 Å². The molecule has 0 spiro atoms. The molecular weight excluding hydrogens is 434 g/mol. The lowest BCUT2D eigenvalue weighted by molar-refractivity contribution is -0.122. The number of hydrogen-bond acceptors (Lipinski definition) is 5. The van der Waals surface area contributed by atoms with Crippen LogP contribution in [0.2, 0.25) is 0 Å². The van der Waals surface area contributed by atoms with Crippen molar-refractivity contribution in [3.63, 3.8) is 0 Å². The number of carbonyl (C=O) groups is 1. The highest BCUT2D eigenvalue weighted by atomic mass is 32.2. The van der Waals surface area contributed by atoms with E-state index in [2.05, 4.69) is 41.1 Å². The standard InChI is InChI=1S/C26H31N3O3S/c1-4-16-29-24(19-9-13-22(32-3)14-10-19)23(18-7-11-21(31-2)12-8-18)28-26(29)33-17-15-27-25(30)20-5-6-20/h7-14,20H,4-6,15-17H2,1-3H3,(H,27,30). The average molecular weight is 466 g/mol. The first-order valence-electron chi connectivity index (χ1n) is 11.4. The monoisotopic (exact) mass is 465 g/mol. The van der Waals surface area contributed by atoms with Gasteiger partial charge >= 0.3 is 0 Å². The van der Waals surface area contributed by atoms with E-state index >= 15 is 0 Å². The fourth-order valence-electron chi connectivity index (χ4n) is 3.77. The smallest absolute Gasteiger partial charge is 0.223 e. The third-order valence-corrected chi connectivity index (χ3v) is 6.67. The highest BCUT2D eigenvalue weighted by Gasteiger charge is 2.29. The van der Waals surface area contributed by atoms with Crippen molar-refractivity contribution < 1.29 is 14.3 Å². The molecule has 1 heterocycles. The Morgan fingerprint density at radius 1 is 1.03 bits per heavy atom. The zero-order valence-electron chi connectivity index (χ0n) is 19.5. The minimum absolute atomic E-state index is 0.186. The molecule has 33 heavy (non-hydrogen) atoms. The number of hydrogen-bond donors (Lipinski definition) is 1. The van der Waals surface area contributed by atoms with E-state index in [4.69, 9.17) is 14.5 Å². The Balaban J connectivity index is 1.67. The Bertz CT molecular complexity index is 1070. The van der Waals surface area contributed by atoms with E-state index in [1.165, 1.54) is 0 Å². The number of ether oxygens (including phenoxy) is 2. The van der Waals surface area contributed by atoms with Gasteiger partial charge < -0.3 is 19.4 Å². The molecule has 1 amide bonds. The Labute approximate surface area is 199 Å². The Morgan fingerprint density at radius 2 is 1.64 bits per heavy atom. The number of benzene rings is 2. The van der Waals surface area contributed by atoms with E-state index in [9.17, 15) is 4.79 Å². The minimum atomic E-state index is 0.186. The Morgan fingerprint density at radius 3 is 2.18 bits per heavy atom. The largest absolute Gasteiger partial charge is 0.497 e. The maximum Gasteiger partial charge on any atom is 0.223 e. The van der Waals surface area contributed by atoms with Gasteiger partial charge in [-0.25, -0.2) is 4.98 Å². The van der Waals surface area contributed by atoms with Crippen molar-refractivity contribution >= 4 is 17.7 Å². The number of nitrogens with one attached hydrogen (secondary N) is 1. The van der Waals surface area contributed by atoms with E-state index in [1.54, 1.807) is 26.0 Å². The van der Waals surface area contributed by atoms with Gasteiger partial charge in [-0.15, -0.1) is 0 Å². The van der Waals surface area contributed by atoms with Crippen molar-refractivity contribution in [1.82, 2.24) is 14.9 Å². The molecule has 0 unspecified atom stereocenters. The molecule has 1 fully saturated rings. The lowest BCUT2D eigenvalue weighted by Crippen LogP contribution is -2.27. The molecule has 1 aromatic heterocycles. The van der Waals surface area contributed by atoms with E-state index in [1.807, 2.05) is 24.3 Å². The average Bonchev–Trinajstić information content (AvgIpc) is 3.65. The molecule has 1 aliphatic rings. The molecule has 1 aliphatic carbocycles. The SMILES string of the molecule is CCCn1c(SCCNC(=O)C2CC2)nc(-c2ccc(OC)cc2)c1-c1ccc(OC)cc1. The van der Waals surface area contributed by atoms with E-state index in [0.717, 1.165) is 70.7 Å². The van der Waals surface area contributed by atoms with E-state index in [-0.39, 0.29) is 11.8 Å². The van der Waals surface area contributed by atoms with Gasteiger partial charge in [-0.1, -0.05) is 18.7 Å². The number of amides is 1. The quantitative estimate of drug-likeness (QED) is 0.309. The fraction of sp³-hybridized carbons (Fsp3) is 0.385. The van der Waals surface area contributed by atoms with Gasteiger partial charge in [0, 0.05) is 35.9 Å². The van der Waals surface area contributed by atoms with Crippen molar-refractivity contribution in [2.45, 2.75) is 37.9 Å². The number of thioether (sulfide) groups is 1. The first-order valence-corrected chi connectivity index (χ1v) is 12.4. The summed E-state index contributed by atoms with van der Waals surface area (Å²) in [6.45, 7) is 3.69. The summed E-state index contributed by atoms with van der Waals surface area (Å²) in [5, 5.41) is 4.02. The summed E-state index contributed by atoms with van der Waals surface area (Å²) >= 11 is 1.69. The Kier molecular flexibility index (Phi) is 7.60. The van der Waals surface area contributed by atoms with Crippen LogP contribution in [0.25, 0.3) is 22.5 Å². The number of methoxy groups -OCH3 is 2. The van der Waals surface area contributed by atoms with Gasteiger partial charge in [0.15, 0.2) is 5.16 Å². The number of carbonyl (C=O) groups excluding carboxylic acids is 1. The van der Waals surface area contributed by atoms with Gasteiger partial charge in [-0.05, 0) is 67.8 Å². The summed E-state index contributed by atoms with van der Waals surface area (Å²) in [7, 11) is 3.35. The fourth-order valence-corrected chi connectivity index (χ4v) is 4.65.